The van der Waals surface area contributed by atoms with Gasteiger partial charge in [-0.15, -0.1) is 0 Å². The Morgan fingerprint density at radius 1 is 1.10 bits per heavy atom. The molecule has 0 radical (unpaired) electrons. The zero-order valence-corrected chi connectivity index (χ0v) is 10.8. The maximum Gasteiger partial charge on any atom is 0.473 e. The van der Waals surface area contributed by atoms with E-state index in [1.807, 2.05) is 30.3 Å². The van der Waals surface area contributed by atoms with Gasteiger partial charge in [-0.25, -0.2) is 0 Å². The Bertz CT molecular complexity index is 696. The molecule has 0 aliphatic rings. The molecule has 20 heavy (non-hydrogen) atoms. The summed E-state index contributed by atoms with van der Waals surface area (Å²) in [4.78, 5) is 14.0. The minimum Gasteiger partial charge on any atom is -0.287 e. The van der Waals surface area contributed by atoms with Crippen molar-refractivity contribution in [3.05, 3.63) is 41.9 Å². The SMILES string of the molecule is Cn1c(-c2ccccc2)cc(=NC(=O)C(F)(F)F)n1C. The van der Waals surface area contributed by atoms with E-state index in [2.05, 4.69) is 4.99 Å². The zero-order chi connectivity index (χ0) is 14.9. The van der Waals surface area contributed by atoms with Crippen molar-refractivity contribution >= 4 is 5.91 Å². The van der Waals surface area contributed by atoms with Crippen molar-refractivity contribution in [2.24, 2.45) is 19.1 Å². The maximum absolute atomic E-state index is 12.2. The van der Waals surface area contributed by atoms with Gasteiger partial charge in [0.25, 0.3) is 0 Å². The van der Waals surface area contributed by atoms with Crippen LogP contribution in [-0.2, 0) is 18.9 Å². The number of amides is 1. The van der Waals surface area contributed by atoms with E-state index in [0.29, 0.717) is 5.69 Å². The highest BCUT2D eigenvalue weighted by Crippen LogP contribution is 2.18. The van der Waals surface area contributed by atoms with Crippen molar-refractivity contribution in [2.75, 3.05) is 0 Å². The fraction of sp³-hybridized carbons (Fsp3) is 0.231. The van der Waals surface area contributed by atoms with Gasteiger partial charge in [-0.05, 0) is 5.56 Å². The van der Waals surface area contributed by atoms with Crippen molar-refractivity contribution in [1.82, 2.24) is 9.36 Å². The average Bonchev–Trinajstić information content (AvgIpc) is 2.67. The molecule has 0 aliphatic heterocycles. The van der Waals surface area contributed by atoms with Crippen LogP contribution in [-0.4, -0.2) is 21.4 Å². The Morgan fingerprint density at radius 2 is 1.70 bits per heavy atom. The second kappa shape index (κ2) is 4.99. The molecule has 0 saturated heterocycles. The first-order valence-corrected chi connectivity index (χ1v) is 5.75. The molecule has 106 valence electrons. The van der Waals surface area contributed by atoms with E-state index in [1.165, 1.54) is 17.8 Å². The van der Waals surface area contributed by atoms with E-state index in [1.54, 1.807) is 11.7 Å². The summed E-state index contributed by atoms with van der Waals surface area (Å²) >= 11 is 0. The minimum atomic E-state index is -4.96. The summed E-state index contributed by atoms with van der Waals surface area (Å²) in [5.41, 5.74) is 1.45. The smallest absolute Gasteiger partial charge is 0.287 e. The van der Waals surface area contributed by atoms with E-state index in [0.717, 1.165) is 5.56 Å². The van der Waals surface area contributed by atoms with Crippen LogP contribution in [0.25, 0.3) is 11.3 Å². The molecule has 0 saturated carbocycles. The Morgan fingerprint density at radius 3 is 2.25 bits per heavy atom. The second-order valence-corrected chi connectivity index (χ2v) is 4.22. The van der Waals surface area contributed by atoms with Crippen LogP contribution >= 0.6 is 0 Å². The van der Waals surface area contributed by atoms with Gasteiger partial charge in [0.1, 0.15) is 0 Å². The van der Waals surface area contributed by atoms with Gasteiger partial charge in [-0.3, -0.25) is 14.2 Å². The number of rotatable bonds is 1. The summed E-state index contributed by atoms with van der Waals surface area (Å²) in [6.45, 7) is 0. The summed E-state index contributed by atoms with van der Waals surface area (Å²) in [6.07, 6.45) is -4.96. The molecule has 1 heterocycles. The van der Waals surface area contributed by atoms with Gasteiger partial charge in [-0.1, -0.05) is 30.3 Å². The topological polar surface area (TPSA) is 39.3 Å². The number of benzene rings is 1. The van der Waals surface area contributed by atoms with Crippen LogP contribution < -0.4 is 5.49 Å². The summed E-state index contributed by atoms with van der Waals surface area (Å²) < 4.78 is 39.7. The number of alkyl halides is 3. The van der Waals surface area contributed by atoms with Crippen LogP contribution in [0.3, 0.4) is 0 Å². The fourth-order valence-electron chi connectivity index (χ4n) is 1.78. The molecule has 2 rings (SSSR count). The molecular weight excluding hydrogens is 271 g/mol. The minimum absolute atomic E-state index is 0.0475. The van der Waals surface area contributed by atoms with Crippen LogP contribution in [0.4, 0.5) is 13.2 Å². The molecule has 1 aromatic heterocycles. The zero-order valence-electron chi connectivity index (χ0n) is 10.8. The highest BCUT2D eigenvalue weighted by molar-refractivity contribution is 5.82. The van der Waals surface area contributed by atoms with Gasteiger partial charge in [-0.2, -0.15) is 18.2 Å². The molecule has 0 bridgehead atoms. The molecular formula is C13H12F3N3O. The maximum atomic E-state index is 12.2. The second-order valence-electron chi connectivity index (χ2n) is 4.22. The standard InChI is InChI=1S/C13H12F3N3O/c1-18-10(9-6-4-3-5-7-9)8-11(19(18)2)17-12(20)13(14,15)16/h3-8H,1-2H3. The molecule has 1 amide bonds. The Balaban J connectivity index is 2.54. The molecule has 0 spiro atoms. The van der Waals surface area contributed by atoms with Gasteiger partial charge >= 0.3 is 12.1 Å². The third-order valence-electron chi connectivity index (χ3n) is 2.92. The van der Waals surface area contributed by atoms with Crippen LogP contribution in [0.15, 0.2) is 41.4 Å². The summed E-state index contributed by atoms with van der Waals surface area (Å²) in [7, 11) is 3.22. The average molecular weight is 283 g/mol. The van der Waals surface area contributed by atoms with Gasteiger partial charge in [0.2, 0.25) is 0 Å². The first-order valence-electron chi connectivity index (χ1n) is 5.75. The predicted octanol–water partition coefficient (Wildman–Crippen LogP) is 2.02. The number of hydrogen-bond acceptors (Lipinski definition) is 1. The lowest BCUT2D eigenvalue weighted by atomic mass is 10.1. The van der Waals surface area contributed by atoms with E-state index >= 15 is 0 Å². The van der Waals surface area contributed by atoms with Gasteiger partial charge in [0.05, 0.1) is 5.69 Å². The first kappa shape index (κ1) is 14.1. The lowest BCUT2D eigenvalue weighted by Gasteiger charge is -2.05. The fourth-order valence-corrected chi connectivity index (χ4v) is 1.78. The van der Waals surface area contributed by atoms with E-state index in [-0.39, 0.29) is 5.49 Å². The van der Waals surface area contributed by atoms with Crippen LogP contribution in [0.5, 0.6) is 0 Å². The molecule has 0 fully saturated rings. The highest BCUT2D eigenvalue weighted by Gasteiger charge is 2.38. The molecule has 0 N–H and O–H groups in total. The molecule has 2 aromatic rings. The van der Waals surface area contributed by atoms with Crippen molar-refractivity contribution < 1.29 is 18.0 Å². The number of carbonyl (C=O) groups excluding carboxylic acids is 1. The van der Waals surface area contributed by atoms with E-state index in [9.17, 15) is 18.0 Å². The molecule has 0 unspecified atom stereocenters. The monoisotopic (exact) mass is 283 g/mol. The van der Waals surface area contributed by atoms with E-state index < -0.39 is 12.1 Å². The largest absolute Gasteiger partial charge is 0.473 e. The van der Waals surface area contributed by atoms with Crippen molar-refractivity contribution in [3.63, 3.8) is 0 Å². The Labute approximate surface area is 112 Å². The van der Waals surface area contributed by atoms with Gasteiger partial charge in [0.15, 0.2) is 5.49 Å². The summed E-state index contributed by atoms with van der Waals surface area (Å²) in [5.74, 6) is -2.11. The lowest BCUT2D eigenvalue weighted by Crippen LogP contribution is -2.26. The molecule has 7 heteroatoms. The number of aromatic nitrogens is 2. The number of nitrogens with zero attached hydrogens (tertiary/aromatic N) is 3. The molecule has 4 nitrogen and oxygen atoms in total. The summed E-state index contributed by atoms with van der Waals surface area (Å²) in [6, 6.07) is 10.6. The molecule has 0 aliphatic carbocycles. The Kier molecular flexibility index (Phi) is 3.52. The third-order valence-corrected chi connectivity index (χ3v) is 2.92. The van der Waals surface area contributed by atoms with Gasteiger partial charge < -0.3 is 0 Å². The van der Waals surface area contributed by atoms with Crippen molar-refractivity contribution in [2.45, 2.75) is 6.18 Å². The van der Waals surface area contributed by atoms with Crippen LogP contribution in [0.2, 0.25) is 0 Å². The Hall–Kier alpha value is -2.31. The number of hydrogen-bond donors (Lipinski definition) is 0. The van der Waals surface area contributed by atoms with Crippen molar-refractivity contribution in [3.8, 4) is 11.3 Å². The molecule has 1 aromatic carbocycles. The lowest BCUT2D eigenvalue weighted by molar-refractivity contribution is -0.169. The quantitative estimate of drug-likeness (QED) is 0.789. The summed E-state index contributed by atoms with van der Waals surface area (Å²) in [5, 5.41) is 0. The number of carbonyl (C=O) groups is 1. The van der Waals surface area contributed by atoms with E-state index in [4.69, 9.17) is 0 Å². The first-order chi connectivity index (χ1) is 9.30. The van der Waals surface area contributed by atoms with Crippen LogP contribution in [0.1, 0.15) is 0 Å². The normalized spacial score (nSPS) is 12.8. The predicted molar refractivity (Wildman–Crippen MR) is 66.4 cm³/mol. The van der Waals surface area contributed by atoms with Gasteiger partial charge in [0, 0.05) is 20.2 Å². The highest BCUT2D eigenvalue weighted by atomic mass is 19.4. The third kappa shape index (κ3) is 2.66. The van der Waals surface area contributed by atoms with Crippen molar-refractivity contribution in [1.29, 1.82) is 0 Å². The molecule has 0 atom stereocenters. The van der Waals surface area contributed by atoms with Crippen LogP contribution in [0, 0.1) is 0 Å². The number of halogens is 3.